The van der Waals surface area contributed by atoms with Gasteiger partial charge in [-0.05, 0) is 61.9 Å². The number of hydrogen-bond acceptors (Lipinski definition) is 1. The van der Waals surface area contributed by atoms with E-state index >= 15 is 0 Å². The van der Waals surface area contributed by atoms with Crippen molar-refractivity contribution in [3.63, 3.8) is 0 Å². The van der Waals surface area contributed by atoms with Crippen molar-refractivity contribution in [1.82, 2.24) is 0 Å². The average Bonchev–Trinajstić information content (AvgIpc) is 2.28. The van der Waals surface area contributed by atoms with Crippen LogP contribution < -0.4 is 5.30 Å². The molecule has 0 aliphatic rings. The molecule has 0 saturated carbocycles. The van der Waals surface area contributed by atoms with Crippen LogP contribution in [0.2, 0.25) is 0 Å². The topological polar surface area (TPSA) is 17.1 Å². The minimum Gasteiger partial charge on any atom is -0.269 e. The summed E-state index contributed by atoms with van der Waals surface area (Å²) in [7, 11) is 0.141. The number of unbranched alkanes of at least 4 members (excludes halogenated alkanes) is 2. The Morgan fingerprint density at radius 2 is 1.81 bits per heavy atom. The highest BCUT2D eigenvalue weighted by atomic mass is 31.1. The summed E-state index contributed by atoms with van der Waals surface area (Å²) in [6, 6.07) is 2.07. The maximum absolute atomic E-state index is 11.0. The van der Waals surface area contributed by atoms with E-state index in [4.69, 9.17) is 0 Å². The van der Waals surface area contributed by atoms with Gasteiger partial charge in [0.2, 0.25) is 0 Å². The molecule has 0 bridgehead atoms. The van der Waals surface area contributed by atoms with Crippen LogP contribution in [0.5, 0.6) is 0 Å². The van der Waals surface area contributed by atoms with Gasteiger partial charge in [0.05, 0.1) is 0 Å². The lowest BCUT2D eigenvalue weighted by Gasteiger charge is -2.13. The minimum atomic E-state index is 0.141. The van der Waals surface area contributed by atoms with E-state index < -0.39 is 0 Å². The zero-order valence-electron chi connectivity index (χ0n) is 10.8. The normalized spacial score (nSPS) is 11.0. The number of rotatable bonds is 5. The summed E-state index contributed by atoms with van der Waals surface area (Å²) in [5.74, 6) is 0. The Balaban J connectivity index is 3.00. The van der Waals surface area contributed by atoms with Crippen molar-refractivity contribution in [3.8, 4) is 0 Å². The molecule has 0 N–H and O–H groups in total. The first kappa shape index (κ1) is 13.4. The van der Waals surface area contributed by atoms with E-state index in [0.717, 1.165) is 11.7 Å². The first-order valence-corrected chi connectivity index (χ1v) is 6.86. The largest absolute Gasteiger partial charge is 0.269 e. The van der Waals surface area contributed by atoms with Crippen LogP contribution in [0, 0.1) is 20.8 Å². The Bertz CT molecular complexity index is 383. The SMILES string of the molecule is CCCCCc1c(C)cc(P=O)c(C)c1C. The van der Waals surface area contributed by atoms with Gasteiger partial charge >= 0.3 is 0 Å². The molecule has 0 fully saturated rings. The van der Waals surface area contributed by atoms with Gasteiger partial charge in [-0.15, -0.1) is 0 Å². The van der Waals surface area contributed by atoms with Crippen LogP contribution in [-0.2, 0) is 11.0 Å². The fourth-order valence-electron chi connectivity index (χ4n) is 2.15. The smallest absolute Gasteiger partial charge is 0.192 e. The maximum Gasteiger partial charge on any atom is 0.192 e. The summed E-state index contributed by atoms with van der Waals surface area (Å²) >= 11 is 0. The summed E-state index contributed by atoms with van der Waals surface area (Å²) in [4.78, 5) is 0. The summed E-state index contributed by atoms with van der Waals surface area (Å²) in [6.45, 7) is 8.57. The van der Waals surface area contributed by atoms with Crippen LogP contribution in [0.4, 0.5) is 0 Å². The summed E-state index contributed by atoms with van der Waals surface area (Å²) in [5.41, 5.74) is 5.26. The molecule has 1 rings (SSSR count). The van der Waals surface area contributed by atoms with Gasteiger partial charge in [0.25, 0.3) is 0 Å². The predicted molar refractivity (Wildman–Crippen MR) is 71.1 cm³/mol. The Labute approximate surface area is 100 Å². The van der Waals surface area contributed by atoms with E-state index in [1.54, 1.807) is 0 Å². The van der Waals surface area contributed by atoms with Gasteiger partial charge in [-0.1, -0.05) is 19.8 Å². The first-order valence-electron chi connectivity index (χ1n) is 6.04. The van der Waals surface area contributed by atoms with Crippen molar-refractivity contribution in [3.05, 3.63) is 28.3 Å². The van der Waals surface area contributed by atoms with Gasteiger partial charge in [-0.2, -0.15) is 0 Å². The lowest BCUT2D eigenvalue weighted by atomic mass is 9.94. The van der Waals surface area contributed by atoms with Crippen molar-refractivity contribution in [2.45, 2.75) is 53.4 Å². The van der Waals surface area contributed by atoms with E-state index in [-0.39, 0.29) is 8.46 Å². The van der Waals surface area contributed by atoms with E-state index in [0.29, 0.717) is 0 Å². The molecule has 0 atom stereocenters. The Morgan fingerprint density at radius 3 is 2.38 bits per heavy atom. The quantitative estimate of drug-likeness (QED) is 0.551. The zero-order valence-corrected chi connectivity index (χ0v) is 11.7. The van der Waals surface area contributed by atoms with E-state index in [1.165, 1.54) is 41.5 Å². The van der Waals surface area contributed by atoms with Crippen molar-refractivity contribution >= 4 is 13.8 Å². The molecule has 1 aromatic carbocycles. The van der Waals surface area contributed by atoms with Gasteiger partial charge < -0.3 is 0 Å². The molecule has 1 aromatic rings. The molecule has 0 spiro atoms. The molecule has 0 aromatic heterocycles. The minimum absolute atomic E-state index is 0.141. The van der Waals surface area contributed by atoms with Crippen LogP contribution in [-0.4, -0.2) is 0 Å². The molecule has 0 saturated heterocycles. The van der Waals surface area contributed by atoms with E-state index in [9.17, 15) is 4.57 Å². The standard InChI is InChI=1S/C14H21OP/c1-5-6-7-8-13-10(2)9-14(16-15)12(4)11(13)3/h9H,5-8H2,1-4H3. The lowest BCUT2D eigenvalue weighted by molar-refractivity contribution is 0.603. The average molecular weight is 236 g/mol. The number of benzene rings is 1. The Kier molecular flexibility index (Phi) is 5.15. The molecule has 88 valence electrons. The summed E-state index contributed by atoms with van der Waals surface area (Å²) in [6.07, 6.45) is 4.96. The highest BCUT2D eigenvalue weighted by Gasteiger charge is 2.09. The number of hydrogen-bond donors (Lipinski definition) is 0. The van der Waals surface area contributed by atoms with Crippen molar-refractivity contribution < 1.29 is 4.57 Å². The highest BCUT2D eigenvalue weighted by molar-refractivity contribution is 7.34. The van der Waals surface area contributed by atoms with Gasteiger partial charge in [0, 0.05) is 5.30 Å². The van der Waals surface area contributed by atoms with E-state index in [2.05, 4.69) is 33.8 Å². The van der Waals surface area contributed by atoms with Crippen LogP contribution >= 0.6 is 8.46 Å². The van der Waals surface area contributed by atoms with Gasteiger partial charge in [-0.3, -0.25) is 4.57 Å². The molecular formula is C14H21OP. The van der Waals surface area contributed by atoms with Crippen molar-refractivity contribution in [2.24, 2.45) is 0 Å². The van der Waals surface area contributed by atoms with Crippen LogP contribution in [0.25, 0.3) is 0 Å². The second-order valence-corrected chi connectivity index (χ2v) is 5.15. The van der Waals surface area contributed by atoms with Crippen LogP contribution in [0.3, 0.4) is 0 Å². The maximum atomic E-state index is 11.0. The van der Waals surface area contributed by atoms with Gasteiger partial charge in [0.1, 0.15) is 0 Å². The van der Waals surface area contributed by atoms with Crippen LogP contribution in [0.1, 0.15) is 48.4 Å². The molecule has 0 aliphatic carbocycles. The molecular weight excluding hydrogens is 215 g/mol. The second-order valence-electron chi connectivity index (χ2n) is 4.49. The summed E-state index contributed by atoms with van der Waals surface area (Å²) < 4.78 is 11.0. The molecule has 0 aliphatic heterocycles. The predicted octanol–water partition coefficient (Wildman–Crippen LogP) is 4.26. The molecule has 16 heavy (non-hydrogen) atoms. The second kappa shape index (κ2) is 6.15. The molecule has 0 unspecified atom stereocenters. The van der Waals surface area contributed by atoms with Crippen molar-refractivity contribution in [2.75, 3.05) is 0 Å². The van der Waals surface area contributed by atoms with Crippen molar-refractivity contribution in [1.29, 1.82) is 0 Å². The number of aryl methyl sites for hydroxylation is 1. The fourth-order valence-corrected chi connectivity index (χ4v) is 2.70. The third-order valence-electron chi connectivity index (χ3n) is 3.36. The highest BCUT2D eigenvalue weighted by Crippen LogP contribution is 2.21. The van der Waals surface area contributed by atoms with E-state index in [1.807, 2.05) is 0 Å². The van der Waals surface area contributed by atoms with Gasteiger partial charge in [0.15, 0.2) is 8.46 Å². The van der Waals surface area contributed by atoms with Crippen LogP contribution in [0.15, 0.2) is 6.07 Å². The molecule has 2 heteroatoms. The molecule has 0 amide bonds. The first-order chi connectivity index (χ1) is 7.61. The molecule has 0 heterocycles. The monoisotopic (exact) mass is 236 g/mol. The Morgan fingerprint density at radius 1 is 1.12 bits per heavy atom. The lowest BCUT2D eigenvalue weighted by Crippen LogP contribution is -2.07. The summed E-state index contributed by atoms with van der Waals surface area (Å²) in [5, 5.41) is 0.939. The molecule has 0 radical (unpaired) electrons. The third-order valence-corrected chi connectivity index (χ3v) is 4.02. The molecule has 1 nitrogen and oxygen atoms in total. The van der Waals surface area contributed by atoms with Gasteiger partial charge in [-0.25, -0.2) is 0 Å². The fraction of sp³-hybridized carbons (Fsp3) is 0.571. The zero-order chi connectivity index (χ0) is 12.1. The third kappa shape index (κ3) is 2.92. The Hall–Kier alpha value is -0.680.